The molecule has 0 aliphatic rings. The van der Waals surface area contributed by atoms with Crippen LogP contribution in [-0.4, -0.2) is 26.9 Å². The highest BCUT2D eigenvalue weighted by molar-refractivity contribution is 5.60. The number of aryl methyl sites for hydroxylation is 1. The molecule has 2 heterocycles. The molecule has 0 spiro atoms. The minimum Gasteiger partial charge on any atom is -0.479 e. The Hall–Kier alpha value is -2.11. The van der Waals surface area contributed by atoms with Crippen LogP contribution >= 0.6 is 0 Å². The van der Waals surface area contributed by atoms with Gasteiger partial charge in [0.15, 0.2) is 5.82 Å². The zero-order chi connectivity index (χ0) is 12.6. The lowest BCUT2D eigenvalue weighted by Crippen LogP contribution is -2.08. The Balaban J connectivity index is 2.64. The molecule has 0 bridgehead atoms. The third-order valence-electron chi connectivity index (χ3n) is 2.87. The number of hydrogen-bond donors (Lipinski definition) is 1. The van der Waals surface area contributed by atoms with Crippen molar-refractivity contribution in [3.63, 3.8) is 0 Å². The first-order valence-electron chi connectivity index (χ1n) is 5.24. The molecule has 2 aromatic rings. The van der Waals surface area contributed by atoms with Gasteiger partial charge in [-0.3, -0.25) is 0 Å². The summed E-state index contributed by atoms with van der Waals surface area (Å²) in [7, 11) is 1.52. The number of hydrogen-bond acceptors (Lipinski definition) is 5. The van der Waals surface area contributed by atoms with Gasteiger partial charge in [0.2, 0.25) is 5.88 Å². The Morgan fingerprint density at radius 2 is 1.94 bits per heavy atom. The second-order valence-corrected chi connectivity index (χ2v) is 3.83. The van der Waals surface area contributed by atoms with Gasteiger partial charge < -0.3 is 10.5 Å². The second kappa shape index (κ2) is 4.04. The summed E-state index contributed by atoms with van der Waals surface area (Å²) in [5.41, 5.74) is 9.43. The van der Waals surface area contributed by atoms with Crippen LogP contribution in [0.1, 0.15) is 17.0 Å². The fourth-order valence-corrected chi connectivity index (χ4v) is 1.63. The van der Waals surface area contributed by atoms with Crippen molar-refractivity contribution in [1.82, 2.24) is 19.7 Å². The maximum absolute atomic E-state index is 5.94. The number of anilines is 1. The highest BCUT2D eigenvalue weighted by Gasteiger charge is 2.15. The molecule has 2 rings (SSSR count). The number of nitrogens with zero attached hydrogens (tertiary/aromatic N) is 4. The molecular formula is C11H15N5O. The summed E-state index contributed by atoms with van der Waals surface area (Å²) < 4.78 is 6.78. The summed E-state index contributed by atoms with van der Waals surface area (Å²) in [6.45, 7) is 5.94. The van der Waals surface area contributed by atoms with Gasteiger partial charge in [0.05, 0.1) is 12.8 Å². The molecule has 0 aliphatic carbocycles. The summed E-state index contributed by atoms with van der Waals surface area (Å²) in [6, 6.07) is 0. The zero-order valence-corrected chi connectivity index (χ0v) is 10.4. The van der Waals surface area contributed by atoms with Crippen molar-refractivity contribution in [3.05, 3.63) is 23.3 Å². The maximum Gasteiger partial charge on any atom is 0.242 e. The second-order valence-electron chi connectivity index (χ2n) is 3.83. The Morgan fingerprint density at radius 1 is 1.24 bits per heavy atom. The van der Waals surface area contributed by atoms with Crippen molar-refractivity contribution in [2.24, 2.45) is 0 Å². The molecule has 2 aromatic heterocycles. The molecule has 0 aliphatic heterocycles. The molecule has 0 radical (unpaired) electrons. The number of methoxy groups -OCH3 is 1. The van der Waals surface area contributed by atoms with Crippen LogP contribution in [0.15, 0.2) is 6.33 Å². The minimum absolute atomic E-state index is 0.361. The van der Waals surface area contributed by atoms with Gasteiger partial charge in [-0.15, -0.1) is 0 Å². The maximum atomic E-state index is 5.94. The predicted octanol–water partition coefficient (Wildman–Crippen LogP) is 1.18. The highest BCUT2D eigenvalue weighted by Crippen LogP contribution is 2.25. The van der Waals surface area contributed by atoms with E-state index in [1.165, 1.54) is 13.4 Å². The minimum atomic E-state index is 0.361. The number of rotatable bonds is 2. The first-order chi connectivity index (χ1) is 8.06. The van der Waals surface area contributed by atoms with Crippen molar-refractivity contribution in [3.8, 4) is 11.7 Å². The molecule has 0 unspecified atom stereocenters. The number of nitrogens with two attached hydrogens (primary N) is 1. The van der Waals surface area contributed by atoms with E-state index in [0.717, 1.165) is 17.0 Å². The predicted molar refractivity (Wildman–Crippen MR) is 64.3 cm³/mol. The highest BCUT2D eigenvalue weighted by atomic mass is 16.5. The van der Waals surface area contributed by atoms with E-state index >= 15 is 0 Å². The van der Waals surface area contributed by atoms with Gasteiger partial charge >= 0.3 is 0 Å². The van der Waals surface area contributed by atoms with Crippen LogP contribution in [0.2, 0.25) is 0 Å². The van der Waals surface area contributed by atoms with Crippen LogP contribution in [-0.2, 0) is 0 Å². The molecule has 6 nitrogen and oxygen atoms in total. The summed E-state index contributed by atoms with van der Waals surface area (Å²) in [5, 5.41) is 4.41. The van der Waals surface area contributed by atoms with Gasteiger partial charge in [-0.2, -0.15) is 10.1 Å². The van der Waals surface area contributed by atoms with Crippen LogP contribution in [0, 0.1) is 20.8 Å². The number of aromatic nitrogens is 4. The average Bonchev–Trinajstić information content (AvgIpc) is 2.57. The smallest absolute Gasteiger partial charge is 0.242 e. The summed E-state index contributed by atoms with van der Waals surface area (Å²) in [6.07, 6.45) is 1.41. The lowest BCUT2D eigenvalue weighted by atomic mass is 10.2. The quantitative estimate of drug-likeness (QED) is 0.842. The molecule has 0 aromatic carbocycles. The summed E-state index contributed by atoms with van der Waals surface area (Å²) in [4.78, 5) is 8.10. The van der Waals surface area contributed by atoms with Crippen molar-refractivity contribution >= 4 is 5.69 Å². The molecule has 2 N–H and O–H groups in total. The molecule has 6 heteroatoms. The first kappa shape index (κ1) is 11.4. The van der Waals surface area contributed by atoms with E-state index in [1.807, 2.05) is 20.8 Å². The van der Waals surface area contributed by atoms with E-state index in [4.69, 9.17) is 10.5 Å². The van der Waals surface area contributed by atoms with E-state index in [2.05, 4.69) is 15.1 Å². The Labute approximate surface area is 99.4 Å². The number of ether oxygens (including phenoxy) is 1. The first-order valence-corrected chi connectivity index (χ1v) is 5.24. The van der Waals surface area contributed by atoms with Gasteiger partial charge in [-0.1, -0.05) is 0 Å². The van der Waals surface area contributed by atoms with Crippen LogP contribution in [0.5, 0.6) is 5.88 Å². The van der Waals surface area contributed by atoms with Crippen molar-refractivity contribution < 1.29 is 4.74 Å². The number of nitrogen functional groups attached to an aromatic ring is 1. The molecule has 17 heavy (non-hydrogen) atoms. The Bertz CT molecular complexity index is 561. The normalized spacial score (nSPS) is 10.6. The zero-order valence-electron chi connectivity index (χ0n) is 10.4. The van der Waals surface area contributed by atoms with Crippen molar-refractivity contribution in [2.75, 3.05) is 12.8 Å². The molecule has 0 saturated carbocycles. The third-order valence-corrected chi connectivity index (χ3v) is 2.87. The fraction of sp³-hybridized carbons (Fsp3) is 0.364. The van der Waals surface area contributed by atoms with Crippen LogP contribution in [0.4, 0.5) is 5.69 Å². The van der Waals surface area contributed by atoms with Gasteiger partial charge in [0, 0.05) is 5.69 Å². The largest absolute Gasteiger partial charge is 0.479 e. The van der Waals surface area contributed by atoms with Crippen LogP contribution in [0.3, 0.4) is 0 Å². The molecule has 0 amide bonds. The van der Waals surface area contributed by atoms with E-state index in [9.17, 15) is 0 Å². The van der Waals surface area contributed by atoms with Crippen molar-refractivity contribution in [1.29, 1.82) is 0 Å². The van der Waals surface area contributed by atoms with E-state index in [1.54, 1.807) is 4.68 Å². The summed E-state index contributed by atoms with van der Waals surface area (Å²) in [5.74, 6) is 0.908. The lowest BCUT2D eigenvalue weighted by molar-refractivity contribution is 0.399. The van der Waals surface area contributed by atoms with E-state index in [0.29, 0.717) is 17.4 Å². The van der Waals surface area contributed by atoms with Crippen molar-refractivity contribution in [2.45, 2.75) is 20.8 Å². The monoisotopic (exact) mass is 233 g/mol. The molecule has 0 atom stereocenters. The Morgan fingerprint density at radius 3 is 2.47 bits per heavy atom. The molecule has 0 fully saturated rings. The van der Waals surface area contributed by atoms with Gasteiger partial charge in [0.1, 0.15) is 12.0 Å². The fourth-order valence-electron chi connectivity index (χ4n) is 1.63. The van der Waals surface area contributed by atoms with Crippen LogP contribution in [0.25, 0.3) is 5.82 Å². The molecule has 0 saturated heterocycles. The topological polar surface area (TPSA) is 78.9 Å². The SMILES string of the molecule is COc1ncnc(-n2nc(C)c(C)c2C)c1N. The van der Waals surface area contributed by atoms with Crippen LogP contribution < -0.4 is 10.5 Å². The van der Waals surface area contributed by atoms with Gasteiger partial charge in [-0.25, -0.2) is 9.67 Å². The average molecular weight is 233 g/mol. The molecule has 90 valence electrons. The Kier molecular flexibility index (Phi) is 2.71. The van der Waals surface area contributed by atoms with Gasteiger partial charge in [0.25, 0.3) is 0 Å². The van der Waals surface area contributed by atoms with Gasteiger partial charge in [-0.05, 0) is 26.3 Å². The molecular weight excluding hydrogens is 218 g/mol. The lowest BCUT2D eigenvalue weighted by Gasteiger charge is -2.09. The third kappa shape index (κ3) is 1.71. The van der Waals surface area contributed by atoms with E-state index in [-0.39, 0.29) is 0 Å². The van der Waals surface area contributed by atoms with E-state index < -0.39 is 0 Å². The summed E-state index contributed by atoms with van der Waals surface area (Å²) >= 11 is 0. The standard InChI is InChI=1S/C11H15N5O/c1-6-7(2)15-16(8(6)3)10-9(12)11(17-4)14-5-13-10/h5H,12H2,1-4H3.